The topological polar surface area (TPSA) is 45.2 Å². The Morgan fingerprint density at radius 1 is 0.962 bits per heavy atom. The molecule has 2 saturated heterocycles. The highest BCUT2D eigenvalue weighted by Crippen LogP contribution is 2.38. The van der Waals surface area contributed by atoms with E-state index >= 15 is 0 Å². The van der Waals surface area contributed by atoms with Gasteiger partial charge in [-0.3, -0.25) is 4.90 Å². The van der Waals surface area contributed by atoms with Crippen molar-refractivity contribution in [2.45, 2.75) is 32.2 Å². The molecule has 0 aliphatic carbocycles. The maximum atomic E-state index is 9.88. The van der Waals surface area contributed by atoms with E-state index < -0.39 is 0 Å². The van der Waals surface area contributed by atoms with Crippen LogP contribution in [-0.2, 0) is 6.54 Å². The second-order valence-corrected chi connectivity index (χ2v) is 8.32. The molecule has 144 valence electrons. The zero-order valence-corrected chi connectivity index (χ0v) is 16.1. The summed E-state index contributed by atoms with van der Waals surface area (Å²) in [5.41, 5.74) is 1.07. The van der Waals surface area contributed by atoms with E-state index in [0.29, 0.717) is 11.8 Å². The van der Waals surface area contributed by atoms with Crippen LogP contribution in [0.4, 0.5) is 0 Å². The van der Waals surface area contributed by atoms with E-state index in [4.69, 9.17) is 21.1 Å². The van der Waals surface area contributed by atoms with Gasteiger partial charge >= 0.3 is 0 Å². The van der Waals surface area contributed by atoms with Crippen molar-refractivity contribution >= 4 is 11.6 Å². The smallest absolute Gasteiger partial charge is 0.231 e. The largest absolute Gasteiger partial charge is 0.454 e. The fraction of sp³-hybridized carbons (Fsp3) is 0.700. The molecule has 1 N–H and O–H groups in total. The van der Waals surface area contributed by atoms with Crippen LogP contribution in [0.25, 0.3) is 0 Å². The molecule has 26 heavy (non-hydrogen) atoms. The van der Waals surface area contributed by atoms with Crippen LogP contribution in [0.1, 0.15) is 31.2 Å². The molecular weight excluding hydrogens is 352 g/mol. The van der Waals surface area contributed by atoms with Crippen molar-refractivity contribution in [3.63, 3.8) is 0 Å². The van der Waals surface area contributed by atoms with Crippen molar-refractivity contribution in [3.8, 4) is 11.5 Å². The normalized spacial score (nSPS) is 27.0. The first-order chi connectivity index (χ1) is 12.7. The van der Waals surface area contributed by atoms with E-state index in [1.165, 1.54) is 38.8 Å². The van der Waals surface area contributed by atoms with E-state index in [-0.39, 0.29) is 13.4 Å². The number of fused-ring (bicyclic) bond motifs is 1. The second kappa shape index (κ2) is 8.34. The Labute approximate surface area is 160 Å². The van der Waals surface area contributed by atoms with Crippen molar-refractivity contribution in [1.29, 1.82) is 0 Å². The molecule has 4 rings (SSSR count). The lowest BCUT2D eigenvalue weighted by Crippen LogP contribution is -2.34. The van der Waals surface area contributed by atoms with E-state index in [9.17, 15) is 5.11 Å². The van der Waals surface area contributed by atoms with Gasteiger partial charge in [0.05, 0.1) is 0 Å². The van der Waals surface area contributed by atoms with Gasteiger partial charge in [-0.15, -0.1) is 0 Å². The van der Waals surface area contributed by atoms with Crippen LogP contribution < -0.4 is 9.47 Å². The van der Waals surface area contributed by atoms with Gasteiger partial charge in [0.15, 0.2) is 11.5 Å². The summed E-state index contributed by atoms with van der Waals surface area (Å²) < 4.78 is 10.9. The average Bonchev–Trinajstić information content (AvgIpc) is 3.14. The molecule has 6 heteroatoms. The van der Waals surface area contributed by atoms with Crippen molar-refractivity contribution in [3.05, 3.63) is 22.7 Å². The predicted molar refractivity (Wildman–Crippen MR) is 102 cm³/mol. The summed E-state index contributed by atoms with van der Waals surface area (Å²) in [5, 5.41) is 10.6. The minimum Gasteiger partial charge on any atom is -0.454 e. The first-order valence-electron chi connectivity index (χ1n) is 9.86. The molecule has 2 fully saturated rings. The summed E-state index contributed by atoms with van der Waals surface area (Å²) in [6.45, 7) is 6.81. The molecule has 2 unspecified atom stereocenters. The lowest BCUT2D eigenvalue weighted by Gasteiger charge is -2.26. The van der Waals surface area contributed by atoms with Crippen LogP contribution in [-0.4, -0.2) is 61.0 Å². The third-order valence-corrected chi connectivity index (χ3v) is 6.37. The van der Waals surface area contributed by atoms with Gasteiger partial charge in [0, 0.05) is 43.9 Å². The molecule has 0 bridgehead atoms. The molecule has 5 nitrogen and oxygen atoms in total. The minimum atomic E-state index is 0.267. The molecule has 0 amide bonds. The lowest BCUT2D eigenvalue weighted by molar-refractivity contribution is 0.165. The number of halogens is 1. The molecular formula is C20H29ClN2O3. The highest BCUT2D eigenvalue weighted by atomic mass is 35.5. The van der Waals surface area contributed by atoms with Gasteiger partial charge in [-0.2, -0.15) is 0 Å². The summed E-state index contributed by atoms with van der Waals surface area (Å²) in [6, 6.07) is 3.86. The number of aliphatic hydroxyl groups excluding tert-OH is 1. The molecule has 0 radical (unpaired) electrons. The fourth-order valence-corrected chi connectivity index (χ4v) is 4.76. The van der Waals surface area contributed by atoms with Gasteiger partial charge in [0.2, 0.25) is 6.79 Å². The number of hydrogen-bond donors (Lipinski definition) is 1. The van der Waals surface area contributed by atoms with Crippen LogP contribution in [0.15, 0.2) is 12.1 Å². The van der Waals surface area contributed by atoms with Crippen molar-refractivity contribution < 1.29 is 14.6 Å². The number of likely N-dealkylation sites (tertiary alicyclic amines) is 2. The highest BCUT2D eigenvalue weighted by Gasteiger charge is 2.34. The number of ether oxygens (including phenoxy) is 2. The molecule has 2 atom stereocenters. The maximum Gasteiger partial charge on any atom is 0.231 e. The van der Waals surface area contributed by atoms with Crippen LogP contribution >= 0.6 is 11.6 Å². The van der Waals surface area contributed by atoms with Crippen LogP contribution in [0, 0.1) is 11.8 Å². The summed E-state index contributed by atoms with van der Waals surface area (Å²) in [4.78, 5) is 5.03. The molecule has 3 heterocycles. The summed E-state index contributed by atoms with van der Waals surface area (Å²) >= 11 is 6.45. The Hall–Kier alpha value is -1.01. The lowest BCUT2D eigenvalue weighted by atomic mass is 9.96. The van der Waals surface area contributed by atoms with Crippen LogP contribution in [0.5, 0.6) is 11.5 Å². The van der Waals surface area contributed by atoms with Crippen LogP contribution in [0.3, 0.4) is 0 Å². The molecule has 3 aliphatic rings. The number of rotatable bonds is 5. The third kappa shape index (κ3) is 4.11. The van der Waals surface area contributed by atoms with Gasteiger partial charge in [-0.05, 0) is 49.4 Å². The SMILES string of the molecule is OCC1CN(Cc2cc3c(cc2Cl)OCO3)CC1CN1CCCCCC1. The first kappa shape index (κ1) is 18.4. The molecule has 0 aromatic heterocycles. The van der Waals surface area contributed by atoms with E-state index in [1.54, 1.807) is 0 Å². The number of nitrogens with zero attached hydrogens (tertiary/aromatic N) is 2. The Morgan fingerprint density at radius 2 is 1.65 bits per heavy atom. The van der Waals surface area contributed by atoms with Gasteiger partial charge in [0.25, 0.3) is 0 Å². The standard InChI is InChI=1S/C20H29ClN2O3/c21-18-8-20-19(25-14-26-20)7-15(18)9-23-11-16(17(12-23)13-24)10-22-5-3-1-2-4-6-22/h7-8,16-17,24H,1-6,9-14H2. The Bertz CT molecular complexity index is 619. The van der Waals surface area contributed by atoms with Crippen molar-refractivity contribution in [1.82, 2.24) is 9.80 Å². The summed E-state index contributed by atoms with van der Waals surface area (Å²) in [6.07, 6.45) is 5.35. The zero-order chi connectivity index (χ0) is 17.9. The molecule has 0 saturated carbocycles. The summed E-state index contributed by atoms with van der Waals surface area (Å²) in [7, 11) is 0. The predicted octanol–water partition coefficient (Wildman–Crippen LogP) is 2.99. The highest BCUT2D eigenvalue weighted by molar-refractivity contribution is 6.31. The first-order valence-corrected chi connectivity index (χ1v) is 10.2. The maximum absolute atomic E-state index is 9.88. The number of hydrogen-bond acceptors (Lipinski definition) is 5. The van der Waals surface area contributed by atoms with E-state index in [1.807, 2.05) is 12.1 Å². The molecule has 3 aliphatic heterocycles. The fourth-order valence-electron chi connectivity index (χ4n) is 4.55. The molecule has 1 aromatic carbocycles. The minimum absolute atomic E-state index is 0.267. The Morgan fingerprint density at radius 3 is 2.38 bits per heavy atom. The van der Waals surface area contributed by atoms with Gasteiger partial charge in [-0.1, -0.05) is 24.4 Å². The summed E-state index contributed by atoms with van der Waals surface area (Å²) in [5.74, 6) is 2.40. The molecule has 0 spiro atoms. The Kier molecular flexibility index (Phi) is 5.89. The molecule has 1 aromatic rings. The van der Waals surface area contributed by atoms with Gasteiger partial charge in [0.1, 0.15) is 0 Å². The average molecular weight is 381 g/mol. The van der Waals surface area contributed by atoms with E-state index in [2.05, 4.69) is 9.80 Å². The van der Waals surface area contributed by atoms with Crippen LogP contribution in [0.2, 0.25) is 5.02 Å². The quantitative estimate of drug-likeness (QED) is 0.850. The van der Waals surface area contributed by atoms with Gasteiger partial charge in [-0.25, -0.2) is 0 Å². The third-order valence-electron chi connectivity index (χ3n) is 6.01. The monoisotopic (exact) mass is 380 g/mol. The van der Waals surface area contributed by atoms with Crippen molar-refractivity contribution in [2.75, 3.05) is 46.1 Å². The number of benzene rings is 1. The Balaban J connectivity index is 1.39. The second-order valence-electron chi connectivity index (χ2n) is 7.91. The van der Waals surface area contributed by atoms with Gasteiger partial charge < -0.3 is 19.5 Å². The van der Waals surface area contributed by atoms with E-state index in [0.717, 1.165) is 48.3 Å². The van der Waals surface area contributed by atoms with Crippen molar-refractivity contribution in [2.24, 2.45) is 11.8 Å². The zero-order valence-electron chi connectivity index (χ0n) is 15.3. The number of aliphatic hydroxyl groups is 1.